The SMILES string of the molecule is CCCN1CCCC(F)(F)C1.CN1CCCCC1. The topological polar surface area (TPSA) is 6.48 Å². The zero-order valence-corrected chi connectivity index (χ0v) is 11.9. The lowest BCUT2D eigenvalue weighted by Crippen LogP contribution is -2.42. The zero-order valence-electron chi connectivity index (χ0n) is 11.9. The second kappa shape index (κ2) is 8.05. The average Bonchev–Trinajstić information content (AvgIpc) is 2.30. The van der Waals surface area contributed by atoms with E-state index in [1.54, 1.807) is 0 Å². The quantitative estimate of drug-likeness (QED) is 0.754. The zero-order chi connectivity index (χ0) is 13.4. The fourth-order valence-corrected chi connectivity index (χ4v) is 2.61. The highest BCUT2D eigenvalue weighted by Gasteiger charge is 2.34. The predicted octanol–water partition coefficient (Wildman–Crippen LogP) is 3.23. The highest BCUT2D eigenvalue weighted by Crippen LogP contribution is 2.26. The van der Waals surface area contributed by atoms with Crippen molar-refractivity contribution in [2.24, 2.45) is 0 Å². The van der Waals surface area contributed by atoms with Crippen LogP contribution in [0.15, 0.2) is 0 Å². The predicted molar refractivity (Wildman–Crippen MR) is 72.3 cm³/mol. The van der Waals surface area contributed by atoms with E-state index in [1.165, 1.54) is 32.4 Å². The van der Waals surface area contributed by atoms with E-state index in [4.69, 9.17) is 0 Å². The van der Waals surface area contributed by atoms with E-state index in [0.717, 1.165) is 19.5 Å². The first-order valence-electron chi connectivity index (χ1n) is 7.32. The lowest BCUT2D eigenvalue weighted by atomic mass is 10.1. The number of halogens is 2. The summed E-state index contributed by atoms with van der Waals surface area (Å²) in [5.41, 5.74) is 0. The molecule has 0 aliphatic carbocycles. The van der Waals surface area contributed by atoms with Crippen LogP contribution in [0.1, 0.15) is 45.4 Å². The summed E-state index contributed by atoms with van der Waals surface area (Å²) < 4.78 is 25.5. The molecule has 0 radical (unpaired) electrons. The van der Waals surface area contributed by atoms with E-state index in [0.29, 0.717) is 6.42 Å². The number of hydrogen-bond acceptors (Lipinski definition) is 2. The first kappa shape index (κ1) is 15.8. The van der Waals surface area contributed by atoms with Crippen LogP contribution in [0.2, 0.25) is 0 Å². The van der Waals surface area contributed by atoms with Gasteiger partial charge < -0.3 is 4.90 Å². The van der Waals surface area contributed by atoms with Crippen molar-refractivity contribution in [1.82, 2.24) is 9.80 Å². The van der Waals surface area contributed by atoms with Gasteiger partial charge in [-0.2, -0.15) is 0 Å². The van der Waals surface area contributed by atoms with Gasteiger partial charge in [0.2, 0.25) is 0 Å². The molecule has 0 spiro atoms. The van der Waals surface area contributed by atoms with Crippen LogP contribution >= 0.6 is 0 Å². The molecular formula is C14H28F2N2. The van der Waals surface area contributed by atoms with Crippen molar-refractivity contribution in [3.8, 4) is 0 Å². The van der Waals surface area contributed by atoms with Crippen LogP contribution in [0.25, 0.3) is 0 Å². The van der Waals surface area contributed by atoms with Crippen molar-refractivity contribution in [2.75, 3.05) is 39.8 Å². The maximum atomic E-state index is 12.7. The van der Waals surface area contributed by atoms with Gasteiger partial charge in [0.15, 0.2) is 0 Å². The summed E-state index contributed by atoms with van der Waals surface area (Å²) in [5.74, 6) is -2.42. The number of rotatable bonds is 2. The van der Waals surface area contributed by atoms with E-state index >= 15 is 0 Å². The molecule has 2 aliphatic heterocycles. The third-order valence-corrected chi connectivity index (χ3v) is 3.59. The summed E-state index contributed by atoms with van der Waals surface area (Å²) in [5, 5.41) is 0. The summed E-state index contributed by atoms with van der Waals surface area (Å²) in [6.07, 6.45) is 5.97. The molecule has 4 heteroatoms. The van der Waals surface area contributed by atoms with E-state index in [9.17, 15) is 8.78 Å². The Bertz CT molecular complexity index is 214. The van der Waals surface area contributed by atoms with Crippen molar-refractivity contribution in [3.63, 3.8) is 0 Å². The van der Waals surface area contributed by atoms with Gasteiger partial charge in [0.1, 0.15) is 0 Å². The average molecular weight is 262 g/mol. The normalized spacial score (nSPS) is 25.3. The molecule has 0 bridgehead atoms. The lowest BCUT2D eigenvalue weighted by molar-refractivity contribution is -0.0637. The van der Waals surface area contributed by atoms with Gasteiger partial charge in [-0.25, -0.2) is 8.78 Å². The highest BCUT2D eigenvalue weighted by molar-refractivity contribution is 4.77. The van der Waals surface area contributed by atoms with Crippen LogP contribution in [0.3, 0.4) is 0 Å². The van der Waals surface area contributed by atoms with E-state index in [2.05, 4.69) is 11.9 Å². The molecule has 18 heavy (non-hydrogen) atoms. The number of nitrogens with zero attached hydrogens (tertiary/aromatic N) is 2. The van der Waals surface area contributed by atoms with Crippen molar-refractivity contribution < 1.29 is 8.78 Å². The van der Waals surface area contributed by atoms with Gasteiger partial charge in [-0.15, -0.1) is 0 Å². The molecule has 0 unspecified atom stereocenters. The molecule has 0 aromatic heterocycles. The van der Waals surface area contributed by atoms with Gasteiger partial charge in [0.25, 0.3) is 5.92 Å². The summed E-state index contributed by atoms with van der Waals surface area (Å²) in [4.78, 5) is 4.24. The van der Waals surface area contributed by atoms with Crippen molar-refractivity contribution in [3.05, 3.63) is 0 Å². The number of alkyl halides is 2. The summed E-state index contributed by atoms with van der Waals surface area (Å²) in [7, 11) is 2.19. The minimum absolute atomic E-state index is 0.0269. The highest BCUT2D eigenvalue weighted by atomic mass is 19.3. The summed E-state index contributed by atoms with van der Waals surface area (Å²) in [6, 6.07) is 0. The lowest BCUT2D eigenvalue weighted by Gasteiger charge is -2.31. The molecule has 2 saturated heterocycles. The van der Waals surface area contributed by atoms with Crippen LogP contribution in [-0.4, -0.2) is 55.5 Å². The number of piperidine rings is 2. The Balaban J connectivity index is 0.000000199. The Morgan fingerprint density at radius 1 is 1.00 bits per heavy atom. The van der Waals surface area contributed by atoms with Crippen molar-refractivity contribution in [1.29, 1.82) is 0 Å². The smallest absolute Gasteiger partial charge is 0.260 e. The molecule has 0 aromatic carbocycles. The van der Waals surface area contributed by atoms with E-state index in [1.807, 2.05) is 11.8 Å². The Morgan fingerprint density at radius 2 is 1.67 bits per heavy atom. The molecule has 0 aromatic rings. The first-order valence-corrected chi connectivity index (χ1v) is 7.32. The molecule has 2 heterocycles. The maximum absolute atomic E-state index is 12.7. The molecule has 2 rings (SSSR count). The largest absolute Gasteiger partial charge is 0.306 e. The minimum Gasteiger partial charge on any atom is -0.306 e. The van der Waals surface area contributed by atoms with Crippen molar-refractivity contribution >= 4 is 0 Å². The molecule has 2 fully saturated rings. The molecule has 0 N–H and O–H groups in total. The third kappa shape index (κ3) is 6.64. The fraction of sp³-hybridized carbons (Fsp3) is 1.00. The molecule has 0 atom stereocenters. The van der Waals surface area contributed by atoms with Gasteiger partial charge in [0, 0.05) is 6.42 Å². The van der Waals surface area contributed by atoms with Gasteiger partial charge >= 0.3 is 0 Å². The Kier molecular flexibility index (Phi) is 7.08. The molecule has 2 nitrogen and oxygen atoms in total. The Morgan fingerprint density at radius 3 is 2.11 bits per heavy atom. The molecule has 0 saturated carbocycles. The number of hydrogen-bond donors (Lipinski definition) is 0. The first-order chi connectivity index (χ1) is 8.53. The monoisotopic (exact) mass is 262 g/mol. The van der Waals surface area contributed by atoms with E-state index in [-0.39, 0.29) is 13.0 Å². The minimum atomic E-state index is -2.42. The summed E-state index contributed by atoms with van der Waals surface area (Å²) >= 11 is 0. The van der Waals surface area contributed by atoms with Crippen molar-refractivity contribution in [2.45, 2.75) is 51.4 Å². The Hall–Kier alpha value is -0.220. The Labute approximate surface area is 110 Å². The van der Waals surface area contributed by atoms with Crippen LogP contribution in [0.5, 0.6) is 0 Å². The summed E-state index contributed by atoms with van der Waals surface area (Å²) in [6.45, 7) is 6.30. The fourth-order valence-electron chi connectivity index (χ4n) is 2.61. The van der Waals surface area contributed by atoms with Crippen LogP contribution in [-0.2, 0) is 0 Å². The standard InChI is InChI=1S/C8H15F2N.C6H13N/c1-2-5-11-6-3-4-8(9,10)7-11;1-7-5-3-2-4-6-7/h2-7H2,1H3;2-6H2,1H3. The molecule has 2 aliphatic rings. The molecule has 108 valence electrons. The molecule has 0 amide bonds. The van der Waals surface area contributed by atoms with Gasteiger partial charge in [-0.1, -0.05) is 13.3 Å². The molecular weight excluding hydrogens is 234 g/mol. The van der Waals surface area contributed by atoms with E-state index < -0.39 is 5.92 Å². The maximum Gasteiger partial charge on any atom is 0.260 e. The second-order valence-electron chi connectivity index (χ2n) is 5.60. The van der Waals surface area contributed by atoms with Gasteiger partial charge in [-0.3, -0.25) is 4.90 Å². The number of likely N-dealkylation sites (tertiary alicyclic amines) is 2. The van der Waals surface area contributed by atoms with Crippen LogP contribution in [0, 0.1) is 0 Å². The van der Waals surface area contributed by atoms with Gasteiger partial charge in [0.05, 0.1) is 6.54 Å². The van der Waals surface area contributed by atoms with Crippen LogP contribution in [0.4, 0.5) is 8.78 Å². The van der Waals surface area contributed by atoms with Crippen LogP contribution < -0.4 is 0 Å². The van der Waals surface area contributed by atoms with Gasteiger partial charge in [-0.05, 0) is 58.9 Å². The second-order valence-corrected chi connectivity index (χ2v) is 5.60. The third-order valence-electron chi connectivity index (χ3n) is 3.59.